The summed E-state index contributed by atoms with van der Waals surface area (Å²) in [6.07, 6.45) is 1.38. The van der Waals surface area contributed by atoms with Gasteiger partial charge in [-0.3, -0.25) is 4.79 Å². The number of hydrogen-bond acceptors (Lipinski definition) is 5. The zero-order valence-electron chi connectivity index (χ0n) is 15.3. The monoisotopic (exact) mass is 409 g/mol. The van der Waals surface area contributed by atoms with Gasteiger partial charge in [0, 0.05) is 31.8 Å². The van der Waals surface area contributed by atoms with E-state index in [9.17, 15) is 18.4 Å². The summed E-state index contributed by atoms with van der Waals surface area (Å²) in [6, 6.07) is 11.5. The van der Waals surface area contributed by atoms with E-state index in [1.54, 1.807) is 56.3 Å². The van der Waals surface area contributed by atoms with Gasteiger partial charge in [-0.25, -0.2) is 8.42 Å². The van der Waals surface area contributed by atoms with Crippen LogP contribution in [0.2, 0.25) is 0 Å². The van der Waals surface area contributed by atoms with E-state index >= 15 is 0 Å². The van der Waals surface area contributed by atoms with Crippen LogP contribution in [-0.2, 0) is 21.4 Å². The van der Waals surface area contributed by atoms with E-state index in [0.717, 1.165) is 17.3 Å². The number of aromatic nitrogens is 1. The second-order valence-corrected chi connectivity index (χ2v) is 8.60. The van der Waals surface area contributed by atoms with E-state index < -0.39 is 10.0 Å². The van der Waals surface area contributed by atoms with Crippen molar-refractivity contribution in [3.63, 3.8) is 0 Å². The van der Waals surface area contributed by atoms with Gasteiger partial charge in [-0.2, -0.15) is 9.04 Å². The van der Waals surface area contributed by atoms with Gasteiger partial charge in [0.1, 0.15) is 0 Å². The molecule has 9 heteroatoms. The minimum absolute atomic E-state index is 0.126. The van der Waals surface area contributed by atoms with E-state index in [0.29, 0.717) is 22.8 Å². The highest BCUT2D eigenvalue weighted by Crippen LogP contribution is 2.16. The minimum Gasteiger partial charge on any atom is -0.618 e. The topological polar surface area (TPSA) is 93.4 Å². The fourth-order valence-corrected chi connectivity index (χ4v) is 4.61. The normalized spacial score (nSPS) is 11.5. The quantitative estimate of drug-likeness (QED) is 0.387. The van der Waals surface area contributed by atoms with Crippen LogP contribution in [0.15, 0.2) is 58.6 Å². The number of nitrogens with zero attached hydrogens (tertiary/aromatic N) is 2. The van der Waals surface area contributed by atoms with Crippen molar-refractivity contribution in [3.05, 3.63) is 59.4 Å². The molecule has 0 unspecified atom stereocenters. The van der Waals surface area contributed by atoms with Gasteiger partial charge in [0.05, 0.1) is 10.6 Å². The van der Waals surface area contributed by atoms with E-state index in [4.69, 9.17) is 0 Å². The molecule has 0 atom stereocenters. The minimum atomic E-state index is -3.48. The van der Waals surface area contributed by atoms with Crippen molar-refractivity contribution in [2.75, 3.05) is 18.8 Å². The fraction of sp³-hybridized carbons (Fsp3) is 0.333. The molecule has 0 radical (unpaired) electrons. The van der Waals surface area contributed by atoms with E-state index in [1.165, 1.54) is 10.5 Å². The maximum absolute atomic E-state index is 12.4. The molecule has 0 aliphatic heterocycles. The predicted molar refractivity (Wildman–Crippen MR) is 105 cm³/mol. The van der Waals surface area contributed by atoms with Crippen LogP contribution in [0.3, 0.4) is 0 Å². The summed E-state index contributed by atoms with van der Waals surface area (Å²) < 4.78 is 27.0. The standard InChI is InChI=1S/C18H23N3O4S2/c1-3-20(4-2)27(24,25)16-10-8-15(9-11-16)13-19-17(22)14-26-18-7-5-6-12-21(18)23/h5-12H,3-4,13-14H2,1-2H3,(H,19,22). The van der Waals surface area contributed by atoms with Crippen LogP contribution in [0.25, 0.3) is 0 Å². The number of hydrogen-bond donors (Lipinski definition) is 1. The molecule has 1 aromatic carbocycles. The van der Waals surface area contributed by atoms with Crippen molar-refractivity contribution in [1.82, 2.24) is 9.62 Å². The Balaban J connectivity index is 1.89. The Labute approximate surface area is 164 Å². The van der Waals surface area contributed by atoms with Crippen LogP contribution in [0.5, 0.6) is 0 Å². The Kier molecular flexibility index (Phi) is 7.64. The number of nitrogens with one attached hydrogen (secondary N) is 1. The van der Waals surface area contributed by atoms with Gasteiger partial charge in [0.15, 0.2) is 6.20 Å². The van der Waals surface area contributed by atoms with Crippen molar-refractivity contribution < 1.29 is 17.9 Å². The zero-order valence-corrected chi connectivity index (χ0v) is 16.9. The molecule has 0 bridgehead atoms. The lowest BCUT2D eigenvalue weighted by atomic mass is 10.2. The summed E-state index contributed by atoms with van der Waals surface area (Å²) in [5.74, 6) is -0.0792. The highest BCUT2D eigenvalue weighted by Gasteiger charge is 2.21. The molecule has 0 aliphatic rings. The lowest BCUT2D eigenvalue weighted by Crippen LogP contribution is -2.30. The molecule has 1 heterocycles. The predicted octanol–water partition coefficient (Wildman–Crippen LogP) is 1.76. The summed E-state index contributed by atoms with van der Waals surface area (Å²) in [4.78, 5) is 12.2. The number of sulfonamides is 1. The second kappa shape index (κ2) is 9.72. The van der Waals surface area contributed by atoms with Crippen LogP contribution >= 0.6 is 11.8 Å². The second-order valence-electron chi connectivity index (χ2n) is 5.66. The summed E-state index contributed by atoms with van der Waals surface area (Å²) in [7, 11) is -3.48. The van der Waals surface area contributed by atoms with Crippen LogP contribution in [0.1, 0.15) is 19.4 Å². The number of carbonyl (C=O) groups excluding carboxylic acids is 1. The molecule has 27 heavy (non-hydrogen) atoms. The van der Waals surface area contributed by atoms with Gasteiger partial charge in [0.25, 0.3) is 5.03 Å². The molecule has 2 rings (SSSR count). The average Bonchev–Trinajstić information content (AvgIpc) is 2.67. The highest BCUT2D eigenvalue weighted by molar-refractivity contribution is 7.99. The Morgan fingerprint density at radius 2 is 1.81 bits per heavy atom. The largest absolute Gasteiger partial charge is 0.618 e. The fourth-order valence-electron chi connectivity index (χ4n) is 2.41. The van der Waals surface area contributed by atoms with Crippen molar-refractivity contribution in [3.8, 4) is 0 Å². The first-order valence-corrected chi connectivity index (χ1v) is 11.0. The molecule has 1 N–H and O–H groups in total. The Hall–Kier alpha value is -2.10. The third-order valence-electron chi connectivity index (χ3n) is 3.90. The molecule has 146 valence electrons. The summed E-state index contributed by atoms with van der Waals surface area (Å²) in [5.41, 5.74) is 0.797. The molecule has 0 saturated carbocycles. The first-order valence-electron chi connectivity index (χ1n) is 8.55. The van der Waals surface area contributed by atoms with Crippen LogP contribution in [-0.4, -0.2) is 37.5 Å². The first kappa shape index (κ1) is 21.2. The molecular weight excluding hydrogens is 386 g/mol. The average molecular weight is 410 g/mol. The van der Waals surface area contributed by atoms with E-state index in [1.807, 2.05) is 0 Å². The van der Waals surface area contributed by atoms with Crippen molar-refractivity contribution in [2.24, 2.45) is 0 Å². The lowest BCUT2D eigenvalue weighted by molar-refractivity contribution is -0.645. The number of carbonyl (C=O) groups is 1. The van der Waals surface area contributed by atoms with Crippen LogP contribution in [0, 0.1) is 5.21 Å². The summed E-state index contributed by atoms with van der Waals surface area (Å²) in [6.45, 7) is 4.72. The third-order valence-corrected chi connectivity index (χ3v) is 6.98. The maximum atomic E-state index is 12.4. The molecule has 0 fully saturated rings. The molecule has 2 aromatic rings. The summed E-state index contributed by atoms with van der Waals surface area (Å²) in [5, 5.41) is 14.7. The van der Waals surface area contributed by atoms with Gasteiger partial charge in [-0.1, -0.05) is 26.0 Å². The first-order chi connectivity index (χ1) is 12.9. The van der Waals surface area contributed by atoms with Crippen molar-refractivity contribution in [2.45, 2.75) is 30.3 Å². The molecule has 1 aromatic heterocycles. The van der Waals surface area contributed by atoms with E-state index in [-0.39, 0.29) is 23.1 Å². The van der Waals surface area contributed by atoms with Crippen molar-refractivity contribution in [1.29, 1.82) is 0 Å². The lowest BCUT2D eigenvalue weighted by Gasteiger charge is -2.18. The smallest absolute Gasteiger partial charge is 0.251 e. The molecule has 0 spiro atoms. The SMILES string of the molecule is CCN(CC)S(=O)(=O)c1ccc(CNC(=O)CSc2cccc[n+]2[O-])cc1. The van der Waals surface area contributed by atoms with Gasteiger partial charge in [0.2, 0.25) is 15.9 Å². The van der Waals surface area contributed by atoms with E-state index in [2.05, 4.69) is 5.32 Å². The van der Waals surface area contributed by atoms with Crippen LogP contribution in [0.4, 0.5) is 0 Å². The summed E-state index contributed by atoms with van der Waals surface area (Å²) >= 11 is 1.16. The Morgan fingerprint density at radius 1 is 1.15 bits per heavy atom. The maximum Gasteiger partial charge on any atom is 0.251 e. The number of thioether (sulfide) groups is 1. The zero-order chi connectivity index (χ0) is 19.9. The van der Waals surface area contributed by atoms with Gasteiger partial charge in [-0.05, 0) is 35.5 Å². The highest BCUT2D eigenvalue weighted by atomic mass is 32.2. The third kappa shape index (κ3) is 5.69. The van der Waals surface area contributed by atoms with Gasteiger partial charge < -0.3 is 10.5 Å². The van der Waals surface area contributed by atoms with Gasteiger partial charge >= 0.3 is 0 Å². The van der Waals surface area contributed by atoms with Crippen molar-refractivity contribution >= 4 is 27.7 Å². The molecule has 0 saturated heterocycles. The molecule has 0 aliphatic carbocycles. The number of rotatable bonds is 9. The Bertz CT molecular complexity index is 866. The Morgan fingerprint density at radius 3 is 2.41 bits per heavy atom. The molecular formula is C18H23N3O4S2. The van der Waals surface area contributed by atoms with Crippen LogP contribution < -0.4 is 10.0 Å². The number of benzene rings is 1. The molecule has 1 amide bonds. The number of pyridine rings is 1. The number of amides is 1. The van der Waals surface area contributed by atoms with Gasteiger partial charge in [-0.15, -0.1) is 0 Å². The molecule has 7 nitrogen and oxygen atoms in total.